The molecule has 0 aliphatic rings. The summed E-state index contributed by atoms with van der Waals surface area (Å²) in [4.78, 5) is 16.0. The molecule has 0 spiro atoms. The quantitative estimate of drug-likeness (QED) is 0.264. The number of ether oxygens (including phenoxy) is 1. The summed E-state index contributed by atoms with van der Waals surface area (Å²) in [6.45, 7) is 2.76. The maximum atomic E-state index is 13.4. The minimum absolute atomic E-state index is 0.0591. The van der Waals surface area contributed by atoms with Crippen LogP contribution in [0.3, 0.4) is 0 Å². The first kappa shape index (κ1) is 23.3. The van der Waals surface area contributed by atoms with Gasteiger partial charge >= 0.3 is 0 Å². The molecule has 170 valence electrons. The molecule has 0 aliphatic heterocycles. The van der Waals surface area contributed by atoms with Gasteiger partial charge in [0, 0.05) is 15.0 Å². The fourth-order valence-electron chi connectivity index (χ4n) is 3.17. The summed E-state index contributed by atoms with van der Waals surface area (Å²) in [6.07, 6.45) is 0. The number of rotatable bonds is 8. The highest BCUT2D eigenvalue weighted by Crippen LogP contribution is 2.28. The number of carbonyl (C=O) groups is 1. The third kappa shape index (κ3) is 5.21. The van der Waals surface area contributed by atoms with Crippen LogP contribution in [0.5, 0.6) is 5.75 Å². The number of carbonyl (C=O) groups excluding carboxylic acids is 1. The molecule has 2 aromatic carbocycles. The monoisotopic (exact) mass is 545 g/mol. The highest BCUT2D eigenvalue weighted by atomic mass is 79.9. The lowest BCUT2D eigenvalue weighted by Gasteiger charge is -2.21. The molecule has 0 bridgehead atoms. The van der Waals surface area contributed by atoms with E-state index in [0.29, 0.717) is 24.6 Å². The molecule has 2 heterocycles. The van der Waals surface area contributed by atoms with Gasteiger partial charge in [-0.25, -0.2) is 8.42 Å². The van der Waals surface area contributed by atoms with Gasteiger partial charge in [0.25, 0.3) is 5.91 Å². The van der Waals surface area contributed by atoms with Gasteiger partial charge in [-0.1, -0.05) is 22.0 Å². The zero-order chi connectivity index (χ0) is 23.4. The van der Waals surface area contributed by atoms with Crippen LogP contribution < -0.4 is 9.64 Å². The second kappa shape index (κ2) is 9.94. The van der Waals surface area contributed by atoms with Gasteiger partial charge in [0.15, 0.2) is 5.76 Å². The fourth-order valence-corrected chi connectivity index (χ4v) is 5.30. The van der Waals surface area contributed by atoms with Crippen molar-refractivity contribution in [1.82, 2.24) is 0 Å². The summed E-state index contributed by atoms with van der Waals surface area (Å²) < 4.78 is 37.7. The lowest BCUT2D eigenvalue weighted by molar-refractivity contribution is 0.0953. The first-order valence-electron chi connectivity index (χ1n) is 10.1. The van der Waals surface area contributed by atoms with E-state index in [-0.39, 0.29) is 15.7 Å². The van der Waals surface area contributed by atoms with Crippen molar-refractivity contribution in [3.05, 3.63) is 93.3 Å². The average Bonchev–Trinajstić information content (AvgIpc) is 3.51. The molecule has 0 fully saturated rings. The van der Waals surface area contributed by atoms with Crippen molar-refractivity contribution in [3.8, 4) is 5.75 Å². The molecular formula is C24H20BrNO5S2. The molecule has 2 aromatic heterocycles. The molecule has 0 radical (unpaired) electrons. The smallest absolute Gasteiger partial charge is 0.294 e. The van der Waals surface area contributed by atoms with E-state index in [2.05, 4.69) is 15.9 Å². The Labute approximate surface area is 204 Å². The van der Waals surface area contributed by atoms with E-state index in [1.807, 2.05) is 24.4 Å². The van der Waals surface area contributed by atoms with E-state index in [4.69, 9.17) is 9.15 Å². The lowest BCUT2D eigenvalue weighted by Crippen LogP contribution is -2.29. The van der Waals surface area contributed by atoms with Crippen LogP contribution >= 0.6 is 27.3 Å². The third-order valence-electron chi connectivity index (χ3n) is 4.78. The molecule has 0 saturated carbocycles. The number of hydrogen-bond acceptors (Lipinski definition) is 6. The fraction of sp³-hybridized carbons (Fsp3) is 0.125. The highest BCUT2D eigenvalue weighted by molar-refractivity contribution is 9.10. The minimum atomic E-state index is -3.89. The van der Waals surface area contributed by atoms with Crippen molar-refractivity contribution in [3.63, 3.8) is 0 Å². The number of furan rings is 1. The number of amides is 1. The number of sulfone groups is 1. The Morgan fingerprint density at radius 3 is 2.39 bits per heavy atom. The Bertz CT molecular complexity index is 1330. The summed E-state index contributed by atoms with van der Waals surface area (Å²) >= 11 is 4.82. The number of nitrogens with zero attached hydrogens (tertiary/aromatic N) is 1. The number of anilines is 1. The van der Waals surface area contributed by atoms with Crippen LogP contribution in [0.1, 0.15) is 22.4 Å². The third-order valence-corrected chi connectivity index (χ3v) is 7.81. The summed E-state index contributed by atoms with van der Waals surface area (Å²) in [5.41, 5.74) is 0.644. The van der Waals surface area contributed by atoms with E-state index in [1.165, 1.54) is 35.6 Å². The van der Waals surface area contributed by atoms with Crippen LogP contribution in [0.15, 0.2) is 97.1 Å². The summed E-state index contributed by atoms with van der Waals surface area (Å²) in [5, 5.41) is 1.65. The van der Waals surface area contributed by atoms with Crippen molar-refractivity contribution >= 4 is 48.7 Å². The van der Waals surface area contributed by atoms with Crippen LogP contribution in [0.2, 0.25) is 0 Å². The Kier molecular flexibility index (Phi) is 7.02. The zero-order valence-electron chi connectivity index (χ0n) is 17.6. The molecule has 0 saturated heterocycles. The number of halogens is 1. The Balaban J connectivity index is 1.65. The van der Waals surface area contributed by atoms with Gasteiger partial charge < -0.3 is 14.1 Å². The highest BCUT2D eigenvalue weighted by Gasteiger charge is 2.27. The van der Waals surface area contributed by atoms with Gasteiger partial charge in [-0.3, -0.25) is 4.79 Å². The van der Waals surface area contributed by atoms with Gasteiger partial charge in [0.1, 0.15) is 5.75 Å². The van der Waals surface area contributed by atoms with Crippen molar-refractivity contribution in [2.75, 3.05) is 11.5 Å². The van der Waals surface area contributed by atoms with Crippen LogP contribution in [-0.2, 0) is 16.4 Å². The van der Waals surface area contributed by atoms with E-state index in [0.717, 1.165) is 9.35 Å². The Morgan fingerprint density at radius 1 is 1.03 bits per heavy atom. The molecule has 6 nitrogen and oxygen atoms in total. The normalized spacial score (nSPS) is 11.3. The summed E-state index contributed by atoms with van der Waals surface area (Å²) in [7, 11) is -3.89. The molecule has 4 rings (SSSR count). The van der Waals surface area contributed by atoms with Gasteiger partial charge in [0.05, 0.1) is 18.0 Å². The molecule has 0 N–H and O–H groups in total. The maximum Gasteiger partial charge on any atom is 0.294 e. The molecule has 9 heteroatoms. The SMILES string of the molecule is CCOc1ccc(N(Cc2cccs2)C(=O)c2ccc(S(=O)(=O)c3ccc(Br)cc3)o2)cc1. The van der Waals surface area contributed by atoms with Crippen LogP contribution in [0.4, 0.5) is 5.69 Å². The van der Waals surface area contributed by atoms with Gasteiger partial charge in [-0.05, 0) is 79.0 Å². The molecule has 0 atom stereocenters. The summed E-state index contributed by atoms with van der Waals surface area (Å²) in [5.74, 6) is 0.201. The van der Waals surface area contributed by atoms with E-state index >= 15 is 0 Å². The molecule has 0 aliphatic carbocycles. The predicted octanol–water partition coefficient (Wildman–Crippen LogP) is 6.18. The number of hydrogen-bond donors (Lipinski definition) is 0. The average molecular weight is 546 g/mol. The standard InChI is InChI=1S/C24H20BrNO5S2/c1-2-30-19-9-7-18(8-10-19)26(16-20-4-3-15-32-20)24(27)22-13-14-23(31-22)33(28,29)21-11-5-17(25)6-12-21/h3-15H,2,16H2,1H3. The maximum absolute atomic E-state index is 13.4. The van der Waals surface area contributed by atoms with Crippen molar-refractivity contribution in [1.29, 1.82) is 0 Å². The Morgan fingerprint density at radius 2 is 1.76 bits per heavy atom. The zero-order valence-corrected chi connectivity index (χ0v) is 20.8. The summed E-state index contributed by atoms with van der Waals surface area (Å²) in [6, 6.07) is 19.9. The van der Waals surface area contributed by atoms with Gasteiger partial charge in [-0.15, -0.1) is 11.3 Å². The van der Waals surface area contributed by atoms with Crippen LogP contribution in [0.25, 0.3) is 0 Å². The van der Waals surface area contributed by atoms with Crippen LogP contribution in [-0.4, -0.2) is 20.9 Å². The predicted molar refractivity (Wildman–Crippen MR) is 131 cm³/mol. The molecule has 0 unspecified atom stereocenters. The van der Waals surface area contributed by atoms with Gasteiger partial charge in [-0.2, -0.15) is 0 Å². The van der Waals surface area contributed by atoms with E-state index in [9.17, 15) is 13.2 Å². The second-order valence-corrected chi connectivity index (χ2v) is 10.8. The number of thiophene rings is 1. The molecule has 1 amide bonds. The van der Waals surface area contributed by atoms with Crippen LogP contribution in [0, 0.1) is 0 Å². The lowest BCUT2D eigenvalue weighted by atomic mass is 10.2. The first-order chi connectivity index (χ1) is 15.9. The minimum Gasteiger partial charge on any atom is -0.494 e. The van der Waals surface area contributed by atoms with Crippen molar-refractivity contribution in [2.45, 2.75) is 23.5 Å². The molecule has 4 aromatic rings. The van der Waals surface area contributed by atoms with Crippen molar-refractivity contribution < 1.29 is 22.4 Å². The largest absolute Gasteiger partial charge is 0.494 e. The van der Waals surface area contributed by atoms with E-state index < -0.39 is 15.7 Å². The Hall–Kier alpha value is -2.88. The number of benzene rings is 2. The molecule has 33 heavy (non-hydrogen) atoms. The van der Waals surface area contributed by atoms with E-state index in [1.54, 1.807) is 41.3 Å². The topological polar surface area (TPSA) is 76.8 Å². The molecular weight excluding hydrogens is 526 g/mol. The van der Waals surface area contributed by atoms with Gasteiger partial charge in [0.2, 0.25) is 14.9 Å². The van der Waals surface area contributed by atoms with Crippen molar-refractivity contribution in [2.24, 2.45) is 0 Å². The first-order valence-corrected chi connectivity index (χ1v) is 13.2. The second-order valence-electron chi connectivity index (χ2n) is 6.97.